The molecule has 106 valence electrons. The quantitative estimate of drug-likeness (QED) is 0.853. The number of aryl methyl sites for hydroxylation is 1. The Bertz CT molecular complexity index is 600. The maximum atomic E-state index is 12.2. The predicted molar refractivity (Wildman–Crippen MR) is 81.3 cm³/mol. The fourth-order valence-electron chi connectivity index (χ4n) is 1.78. The number of nitrogens with one attached hydrogen (secondary N) is 1. The monoisotopic (exact) mass is 310 g/mol. The molecule has 0 aliphatic heterocycles. The van der Waals surface area contributed by atoms with Crippen molar-refractivity contribution in [1.29, 1.82) is 0 Å². The lowest BCUT2D eigenvalue weighted by Crippen LogP contribution is -2.23. The summed E-state index contributed by atoms with van der Waals surface area (Å²) in [5.74, 6) is -0.334. The van der Waals surface area contributed by atoms with Gasteiger partial charge >= 0.3 is 5.97 Å². The lowest BCUT2D eigenvalue weighted by molar-refractivity contribution is -0.144. The molecule has 2 aromatic rings. The van der Waals surface area contributed by atoms with Crippen molar-refractivity contribution < 1.29 is 9.53 Å². The van der Waals surface area contributed by atoms with E-state index in [2.05, 4.69) is 10.3 Å². The van der Waals surface area contributed by atoms with Crippen LogP contribution in [0.3, 0.4) is 0 Å². The molecule has 4 nitrogen and oxygen atoms in total. The molecule has 0 radical (unpaired) electrons. The Balaban J connectivity index is 2.31. The van der Waals surface area contributed by atoms with Crippen LogP contribution in [0.4, 0.5) is 5.69 Å². The van der Waals surface area contributed by atoms with E-state index in [0.717, 1.165) is 10.6 Å². The number of aromatic nitrogens is 1. The number of benzene rings is 1. The topological polar surface area (TPSA) is 51.2 Å². The summed E-state index contributed by atoms with van der Waals surface area (Å²) in [5, 5.41) is 3.70. The first kappa shape index (κ1) is 14.8. The van der Waals surface area contributed by atoms with Crippen LogP contribution in [-0.4, -0.2) is 17.6 Å². The molecular formula is C14H15ClN2O2S. The number of carbonyl (C=O) groups is 1. The SMILES string of the molecule is CCOC(=O)C(Nc1ccccc1Cl)c1scnc1C. The average Bonchev–Trinajstić information content (AvgIpc) is 2.84. The Hall–Kier alpha value is -1.59. The van der Waals surface area contributed by atoms with Gasteiger partial charge in [-0.3, -0.25) is 0 Å². The van der Waals surface area contributed by atoms with E-state index < -0.39 is 6.04 Å². The lowest BCUT2D eigenvalue weighted by Gasteiger charge is -2.18. The Morgan fingerprint density at radius 1 is 1.50 bits per heavy atom. The molecule has 1 N–H and O–H groups in total. The summed E-state index contributed by atoms with van der Waals surface area (Å²) in [4.78, 5) is 17.2. The number of thiazole rings is 1. The minimum atomic E-state index is -0.595. The summed E-state index contributed by atoms with van der Waals surface area (Å²) in [6.45, 7) is 3.98. The number of ether oxygens (including phenoxy) is 1. The fourth-order valence-corrected chi connectivity index (χ4v) is 2.81. The average molecular weight is 311 g/mol. The van der Waals surface area contributed by atoms with Gasteiger partial charge in [-0.1, -0.05) is 23.7 Å². The van der Waals surface area contributed by atoms with Gasteiger partial charge in [-0.15, -0.1) is 11.3 Å². The summed E-state index contributed by atoms with van der Waals surface area (Å²) in [7, 11) is 0. The third-order valence-corrected chi connectivity index (χ3v) is 4.07. The van der Waals surface area contributed by atoms with Crippen molar-refractivity contribution in [2.24, 2.45) is 0 Å². The van der Waals surface area contributed by atoms with Crippen molar-refractivity contribution >= 4 is 34.6 Å². The highest BCUT2D eigenvalue weighted by Crippen LogP contribution is 2.30. The number of esters is 1. The number of hydrogen-bond acceptors (Lipinski definition) is 5. The standard InChI is InChI=1S/C14H15ClN2O2S/c1-3-19-14(18)12(13-9(2)16-8-20-13)17-11-7-5-4-6-10(11)15/h4-8,12,17H,3H2,1-2H3. The Morgan fingerprint density at radius 3 is 2.85 bits per heavy atom. The van der Waals surface area contributed by atoms with Crippen molar-refractivity contribution in [1.82, 2.24) is 4.98 Å². The van der Waals surface area contributed by atoms with E-state index in [1.165, 1.54) is 11.3 Å². The Labute approximate surface area is 126 Å². The maximum Gasteiger partial charge on any atom is 0.334 e. The maximum absolute atomic E-state index is 12.2. The second-order valence-electron chi connectivity index (χ2n) is 4.11. The Morgan fingerprint density at radius 2 is 2.25 bits per heavy atom. The second-order valence-corrected chi connectivity index (χ2v) is 5.40. The molecule has 0 spiro atoms. The molecule has 1 atom stereocenters. The van der Waals surface area contributed by atoms with Gasteiger partial charge in [0.15, 0.2) is 6.04 Å². The minimum Gasteiger partial charge on any atom is -0.464 e. The zero-order valence-electron chi connectivity index (χ0n) is 11.2. The third-order valence-electron chi connectivity index (χ3n) is 2.74. The normalized spacial score (nSPS) is 11.9. The number of halogens is 1. The number of hydrogen-bond donors (Lipinski definition) is 1. The molecular weight excluding hydrogens is 296 g/mol. The predicted octanol–water partition coefficient (Wildman–Crippen LogP) is 3.82. The molecule has 0 fully saturated rings. The smallest absolute Gasteiger partial charge is 0.334 e. The van der Waals surface area contributed by atoms with Crippen LogP contribution in [-0.2, 0) is 9.53 Å². The van der Waals surface area contributed by atoms with E-state index in [9.17, 15) is 4.79 Å². The first-order chi connectivity index (χ1) is 9.63. The molecule has 0 bridgehead atoms. The van der Waals surface area contributed by atoms with Crippen LogP contribution in [0.5, 0.6) is 0 Å². The molecule has 0 aliphatic rings. The summed E-state index contributed by atoms with van der Waals surface area (Å²) in [6.07, 6.45) is 0. The van der Waals surface area contributed by atoms with Crippen LogP contribution >= 0.6 is 22.9 Å². The van der Waals surface area contributed by atoms with Crippen LogP contribution in [0.25, 0.3) is 0 Å². The molecule has 0 aliphatic carbocycles. The van der Waals surface area contributed by atoms with Gasteiger partial charge in [-0.05, 0) is 26.0 Å². The largest absolute Gasteiger partial charge is 0.464 e. The molecule has 20 heavy (non-hydrogen) atoms. The van der Waals surface area contributed by atoms with Gasteiger partial charge in [0.1, 0.15) is 0 Å². The zero-order valence-corrected chi connectivity index (χ0v) is 12.8. The van der Waals surface area contributed by atoms with Gasteiger partial charge in [-0.2, -0.15) is 0 Å². The van der Waals surface area contributed by atoms with E-state index in [4.69, 9.17) is 16.3 Å². The molecule has 0 saturated carbocycles. The van der Waals surface area contributed by atoms with Crippen LogP contribution in [0.1, 0.15) is 23.5 Å². The third kappa shape index (κ3) is 3.29. The van der Waals surface area contributed by atoms with E-state index in [0.29, 0.717) is 17.3 Å². The number of nitrogens with zero attached hydrogens (tertiary/aromatic N) is 1. The molecule has 1 unspecified atom stereocenters. The molecule has 6 heteroatoms. The molecule has 1 aromatic heterocycles. The molecule has 1 aromatic carbocycles. The number of carbonyl (C=O) groups excluding carboxylic acids is 1. The van der Waals surface area contributed by atoms with Crippen molar-refractivity contribution in [2.45, 2.75) is 19.9 Å². The molecule has 0 amide bonds. The molecule has 1 heterocycles. The highest BCUT2D eigenvalue weighted by atomic mass is 35.5. The van der Waals surface area contributed by atoms with Gasteiger partial charge in [-0.25, -0.2) is 9.78 Å². The number of para-hydroxylation sites is 1. The highest BCUT2D eigenvalue weighted by Gasteiger charge is 2.26. The van der Waals surface area contributed by atoms with Gasteiger partial charge in [0, 0.05) is 0 Å². The summed E-state index contributed by atoms with van der Waals surface area (Å²) in [6, 6.07) is 6.69. The van der Waals surface area contributed by atoms with Gasteiger partial charge in [0.2, 0.25) is 0 Å². The first-order valence-corrected chi connectivity index (χ1v) is 7.47. The van der Waals surface area contributed by atoms with E-state index >= 15 is 0 Å². The molecule has 2 rings (SSSR count). The van der Waals surface area contributed by atoms with Crippen molar-refractivity contribution in [2.75, 3.05) is 11.9 Å². The van der Waals surface area contributed by atoms with Crippen molar-refractivity contribution in [3.05, 3.63) is 45.4 Å². The number of rotatable bonds is 5. The van der Waals surface area contributed by atoms with Crippen LogP contribution in [0.15, 0.2) is 29.8 Å². The van der Waals surface area contributed by atoms with Crippen LogP contribution in [0, 0.1) is 6.92 Å². The molecule has 0 saturated heterocycles. The van der Waals surface area contributed by atoms with Gasteiger partial charge in [0.05, 0.1) is 33.4 Å². The van der Waals surface area contributed by atoms with Crippen molar-refractivity contribution in [3.63, 3.8) is 0 Å². The van der Waals surface area contributed by atoms with Gasteiger partial charge in [0.25, 0.3) is 0 Å². The van der Waals surface area contributed by atoms with Crippen LogP contribution < -0.4 is 5.32 Å². The van der Waals surface area contributed by atoms with Crippen LogP contribution in [0.2, 0.25) is 5.02 Å². The fraction of sp³-hybridized carbons (Fsp3) is 0.286. The Kier molecular flexibility index (Phi) is 4.98. The first-order valence-electron chi connectivity index (χ1n) is 6.21. The van der Waals surface area contributed by atoms with E-state index in [1.807, 2.05) is 25.1 Å². The van der Waals surface area contributed by atoms with E-state index in [1.54, 1.807) is 18.5 Å². The van der Waals surface area contributed by atoms with Crippen molar-refractivity contribution in [3.8, 4) is 0 Å². The summed E-state index contributed by atoms with van der Waals surface area (Å²) >= 11 is 7.54. The second kappa shape index (κ2) is 6.72. The van der Waals surface area contributed by atoms with E-state index in [-0.39, 0.29) is 5.97 Å². The summed E-state index contributed by atoms with van der Waals surface area (Å²) in [5.41, 5.74) is 3.22. The summed E-state index contributed by atoms with van der Waals surface area (Å²) < 4.78 is 5.13. The minimum absolute atomic E-state index is 0.331. The highest BCUT2D eigenvalue weighted by molar-refractivity contribution is 7.10. The lowest BCUT2D eigenvalue weighted by atomic mass is 10.2. The van der Waals surface area contributed by atoms with Gasteiger partial charge < -0.3 is 10.1 Å². The number of anilines is 1. The zero-order chi connectivity index (χ0) is 14.5.